The van der Waals surface area contributed by atoms with Gasteiger partial charge in [0.05, 0.1) is 6.61 Å². The van der Waals surface area contributed by atoms with Crippen molar-refractivity contribution < 1.29 is 16.0 Å². The highest BCUT2D eigenvalue weighted by Gasteiger charge is 2.32. The third-order valence-corrected chi connectivity index (χ3v) is 3.81. The van der Waals surface area contributed by atoms with Gasteiger partial charge in [-0.1, -0.05) is 0 Å². The maximum Gasteiger partial charge on any atom is 0.343 e. The van der Waals surface area contributed by atoms with Crippen LogP contribution >= 0.6 is 30.9 Å². The van der Waals surface area contributed by atoms with Gasteiger partial charge in [-0.25, -0.2) is 9.75 Å². The number of rotatable bonds is 5. The number of nitrogens with one attached hydrogen (secondary N) is 1. The molecule has 0 radical (unpaired) electrons. The van der Waals surface area contributed by atoms with Crippen molar-refractivity contribution in [2.24, 2.45) is 0 Å². The third-order valence-electron chi connectivity index (χ3n) is 1.60. The quantitative estimate of drug-likeness (QED) is 0.609. The monoisotopic (exact) mass is 265 g/mol. The summed E-state index contributed by atoms with van der Waals surface area (Å²) in [7, 11) is -4.00. The van der Waals surface area contributed by atoms with Crippen LogP contribution in [0, 0.1) is 0 Å². The molecule has 1 fully saturated rings. The van der Waals surface area contributed by atoms with E-state index < -0.39 is 32.4 Å². The minimum atomic E-state index is -4.00. The fourth-order valence-electron chi connectivity index (χ4n) is 0.992. The van der Waals surface area contributed by atoms with Gasteiger partial charge in [-0.05, 0) is 6.42 Å². The number of halogens is 2. The Labute approximate surface area is 102 Å². The summed E-state index contributed by atoms with van der Waals surface area (Å²) >= 11 is 11.0. The molecule has 1 heterocycles. The van der Waals surface area contributed by atoms with Gasteiger partial charge in [-0.3, -0.25) is 4.57 Å². The fourth-order valence-corrected chi connectivity index (χ4v) is 3.06. The molecule has 1 saturated heterocycles. The minimum Gasteiger partial charge on any atom is -0.306 e. The fraction of sp³-hybridized carbons (Fsp3) is 1.00. The maximum absolute atomic E-state index is 12.7. The van der Waals surface area contributed by atoms with Crippen LogP contribution in [-0.4, -0.2) is 42.6 Å². The average Bonchev–Trinajstić information content (AvgIpc) is 2.29. The van der Waals surface area contributed by atoms with Gasteiger partial charge in [-0.15, -0.1) is 23.2 Å². The summed E-state index contributed by atoms with van der Waals surface area (Å²) in [6, 6.07) is 0. The van der Waals surface area contributed by atoms with E-state index in [2.05, 4.69) is 0 Å². The third kappa shape index (κ3) is 3.37. The van der Waals surface area contributed by atoms with Gasteiger partial charge >= 0.3 is 7.67 Å². The summed E-state index contributed by atoms with van der Waals surface area (Å²) in [4.78, 5) is 0. The van der Waals surface area contributed by atoms with Crippen LogP contribution in [0.15, 0.2) is 0 Å². The lowest BCUT2D eigenvalue weighted by Crippen LogP contribution is -2.35. The average molecular weight is 266 g/mol. The lowest BCUT2D eigenvalue weighted by molar-refractivity contribution is 0.233. The second-order valence-corrected chi connectivity index (χ2v) is 5.06. The Morgan fingerprint density at radius 2 is 2.50 bits per heavy atom. The van der Waals surface area contributed by atoms with E-state index in [0.29, 0.717) is 16.2 Å². The van der Waals surface area contributed by atoms with E-state index in [9.17, 15) is 4.57 Å². The van der Waals surface area contributed by atoms with Gasteiger partial charge in [0, 0.05) is 36.8 Å². The van der Waals surface area contributed by atoms with Gasteiger partial charge in [0.15, 0.2) is 0 Å². The first-order chi connectivity index (χ1) is 8.53. The normalized spacial score (nSPS) is 36.9. The molecule has 1 unspecified atom stereocenters. The second kappa shape index (κ2) is 6.31. The van der Waals surface area contributed by atoms with Crippen LogP contribution in [0.25, 0.3) is 0 Å². The summed E-state index contributed by atoms with van der Waals surface area (Å²) in [5, 5.41) is 0.642. The zero-order valence-electron chi connectivity index (χ0n) is 12.4. The molecule has 4 nitrogen and oxygen atoms in total. The second-order valence-electron chi connectivity index (χ2n) is 2.53. The largest absolute Gasteiger partial charge is 0.343 e. The Bertz CT molecular complexity index is 370. The molecule has 1 aliphatic rings. The molecule has 1 rings (SSSR count). The maximum atomic E-state index is 12.7. The van der Waals surface area contributed by atoms with Gasteiger partial charge in [0.25, 0.3) is 0 Å². The molecule has 1 N–H and O–H groups in total. The summed E-state index contributed by atoms with van der Waals surface area (Å²) in [5.74, 6) is -2.88. The van der Waals surface area contributed by atoms with Crippen LogP contribution in [0.4, 0.5) is 0 Å². The van der Waals surface area contributed by atoms with E-state index >= 15 is 0 Å². The lowest BCUT2D eigenvalue weighted by atomic mass is 10.5. The Hall–Kier alpha value is 0.690. The van der Waals surface area contributed by atoms with Crippen molar-refractivity contribution in [2.75, 3.05) is 37.9 Å². The molecule has 0 spiro atoms. The zero-order chi connectivity index (χ0) is 14.9. The number of hydrogen-bond donors (Lipinski definition) is 1. The van der Waals surface area contributed by atoms with Crippen molar-refractivity contribution in [2.45, 2.75) is 6.42 Å². The first-order valence-corrected chi connectivity index (χ1v) is 6.52. The molecule has 1 aliphatic heterocycles. The number of hydrogen-bond acceptors (Lipinski definition) is 2. The molecule has 0 amide bonds. The van der Waals surface area contributed by atoms with Crippen LogP contribution in [0.2, 0.25) is 1.41 Å². The van der Waals surface area contributed by atoms with E-state index in [0.717, 1.165) is 0 Å². The molecule has 7 heteroatoms. The van der Waals surface area contributed by atoms with Crippen molar-refractivity contribution in [1.29, 1.82) is 0 Å². The smallest absolute Gasteiger partial charge is 0.306 e. The summed E-state index contributed by atoms with van der Waals surface area (Å²) in [5.41, 5.74) is 0. The molecule has 0 aromatic heterocycles. The molecule has 0 bridgehead atoms. The molecule has 14 heavy (non-hydrogen) atoms. The SMILES string of the molecule is [2H]N1CCCOP1(=O)N(CC([2H])([2H])Cl)C([2H])([2H])CCl. The van der Waals surface area contributed by atoms with E-state index in [1.165, 1.54) is 0 Å². The molecular weight excluding hydrogens is 246 g/mol. The molecule has 0 saturated carbocycles. The topological polar surface area (TPSA) is 41.6 Å². The Morgan fingerprint density at radius 3 is 3.07 bits per heavy atom. The van der Waals surface area contributed by atoms with E-state index in [4.69, 9.17) is 34.6 Å². The van der Waals surface area contributed by atoms with Gasteiger partial charge < -0.3 is 4.52 Å². The van der Waals surface area contributed by atoms with Crippen molar-refractivity contribution in [3.05, 3.63) is 0 Å². The summed E-state index contributed by atoms with van der Waals surface area (Å²) < 4.78 is 56.1. The van der Waals surface area contributed by atoms with Crippen molar-refractivity contribution in [1.82, 2.24) is 9.75 Å². The van der Waals surface area contributed by atoms with Crippen molar-refractivity contribution in [3.8, 4) is 0 Å². The standard InChI is InChI=1S/C7H15Cl2N2O2P/c8-2-5-11(6-3-9)14(12)10-4-1-7-13-14/h1-7H2,(H,10,12)/i2D2,6D2/hD. The Kier molecular flexibility index (Phi) is 3.20. The number of alkyl halides is 2. The highest BCUT2D eigenvalue weighted by molar-refractivity contribution is 7.54. The van der Waals surface area contributed by atoms with Crippen LogP contribution < -0.4 is 5.08 Å². The molecule has 0 aromatic rings. The Morgan fingerprint density at radius 1 is 1.71 bits per heavy atom. The minimum absolute atomic E-state index is 0.104. The van der Waals surface area contributed by atoms with Gasteiger partial charge in [-0.2, -0.15) is 0 Å². The highest BCUT2D eigenvalue weighted by Crippen LogP contribution is 2.47. The predicted molar refractivity (Wildman–Crippen MR) is 59.2 cm³/mol. The number of nitrogens with zero attached hydrogens (tertiary/aromatic N) is 1. The predicted octanol–water partition coefficient (Wildman–Crippen LogP) is 1.88. The molecule has 84 valence electrons. The summed E-state index contributed by atoms with van der Waals surface area (Å²) in [6.45, 7) is -2.78. The first kappa shape index (κ1) is 7.10. The Balaban J connectivity index is 3.12. The summed E-state index contributed by atoms with van der Waals surface area (Å²) in [6.07, 6.45) is 0.485. The molecule has 0 aliphatic carbocycles. The van der Waals surface area contributed by atoms with E-state index in [1.807, 2.05) is 0 Å². The van der Waals surface area contributed by atoms with Crippen LogP contribution in [-0.2, 0) is 9.09 Å². The van der Waals surface area contributed by atoms with Crippen LogP contribution in [0.3, 0.4) is 0 Å². The van der Waals surface area contributed by atoms with E-state index in [-0.39, 0.29) is 13.2 Å². The van der Waals surface area contributed by atoms with Gasteiger partial charge in [0.2, 0.25) is 0 Å². The van der Waals surface area contributed by atoms with E-state index in [1.54, 1.807) is 0 Å². The van der Waals surface area contributed by atoms with Crippen LogP contribution in [0.1, 0.15) is 11.9 Å². The van der Waals surface area contributed by atoms with Crippen molar-refractivity contribution >= 4 is 30.9 Å². The molecular formula is C7H15Cl2N2O2P. The van der Waals surface area contributed by atoms with Crippen molar-refractivity contribution in [3.63, 3.8) is 0 Å². The lowest BCUT2D eigenvalue weighted by Gasteiger charge is -2.33. The van der Waals surface area contributed by atoms with Gasteiger partial charge in [0.1, 0.15) is 1.41 Å². The molecule has 0 aromatic carbocycles. The first-order valence-electron chi connectivity index (χ1n) is 6.52. The molecule has 1 atom stereocenters. The highest BCUT2D eigenvalue weighted by atomic mass is 35.5. The zero-order valence-corrected chi connectivity index (χ0v) is 9.86. The van der Waals surface area contributed by atoms with Crippen LogP contribution in [0.5, 0.6) is 0 Å².